The molecule has 0 heterocycles. The Bertz CT molecular complexity index is 522. The monoisotopic (exact) mass is 249 g/mol. The first kappa shape index (κ1) is 12.4. The van der Waals surface area contributed by atoms with Gasteiger partial charge >= 0.3 is 0 Å². The van der Waals surface area contributed by atoms with Crippen molar-refractivity contribution in [3.63, 3.8) is 0 Å². The molecule has 1 N–H and O–H groups in total. The van der Waals surface area contributed by atoms with Crippen LogP contribution in [0.25, 0.3) is 0 Å². The minimum atomic E-state index is -0.205. The number of ketones is 1. The van der Waals surface area contributed by atoms with Gasteiger partial charge in [-0.25, -0.2) is 0 Å². The molecule has 18 heavy (non-hydrogen) atoms. The molecule has 0 saturated heterocycles. The van der Waals surface area contributed by atoms with E-state index in [1.165, 1.54) is 21.1 Å². The van der Waals surface area contributed by atoms with E-state index in [0.29, 0.717) is 35.6 Å². The average molecular weight is 249 g/mol. The van der Waals surface area contributed by atoms with Gasteiger partial charge in [0, 0.05) is 18.9 Å². The van der Waals surface area contributed by atoms with E-state index in [9.17, 15) is 9.59 Å². The summed E-state index contributed by atoms with van der Waals surface area (Å²) in [7, 11) is 3.01. The SMILES string of the molecule is COc1cc2c(c(NC(C)=O)c1OC)CCC2=O. The van der Waals surface area contributed by atoms with Gasteiger partial charge in [-0.3, -0.25) is 9.59 Å². The molecular formula is C13H15NO4. The number of rotatable bonds is 3. The Kier molecular flexibility index (Phi) is 3.23. The number of carbonyl (C=O) groups is 2. The Labute approximate surface area is 105 Å². The van der Waals surface area contributed by atoms with E-state index >= 15 is 0 Å². The number of methoxy groups -OCH3 is 2. The summed E-state index contributed by atoms with van der Waals surface area (Å²) in [5.41, 5.74) is 1.98. The lowest BCUT2D eigenvalue weighted by molar-refractivity contribution is -0.114. The third kappa shape index (κ3) is 1.92. The van der Waals surface area contributed by atoms with Crippen molar-refractivity contribution < 1.29 is 19.1 Å². The second-order valence-corrected chi connectivity index (χ2v) is 4.12. The molecule has 2 rings (SSSR count). The van der Waals surface area contributed by atoms with Gasteiger partial charge in [-0.15, -0.1) is 0 Å². The predicted octanol–water partition coefficient (Wildman–Crippen LogP) is 1.79. The standard InChI is InChI=1S/C13H15NO4/c1-7(15)14-12-8-4-5-10(16)9(8)6-11(17-2)13(12)18-3/h6H,4-5H2,1-3H3,(H,14,15). The number of amides is 1. The van der Waals surface area contributed by atoms with Gasteiger partial charge in [0.15, 0.2) is 17.3 Å². The van der Waals surface area contributed by atoms with Gasteiger partial charge in [-0.2, -0.15) is 0 Å². The van der Waals surface area contributed by atoms with Crippen LogP contribution in [0.4, 0.5) is 5.69 Å². The molecule has 0 atom stereocenters. The minimum absolute atomic E-state index is 0.0672. The molecule has 96 valence electrons. The maximum Gasteiger partial charge on any atom is 0.221 e. The van der Waals surface area contributed by atoms with Crippen molar-refractivity contribution in [2.45, 2.75) is 19.8 Å². The molecule has 1 aliphatic carbocycles. The molecule has 0 bridgehead atoms. The summed E-state index contributed by atoms with van der Waals surface area (Å²) >= 11 is 0. The van der Waals surface area contributed by atoms with Crippen LogP contribution in [0.2, 0.25) is 0 Å². The number of Topliss-reactive ketones (excluding diaryl/α,β-unsaturated/α-hetero) is 1. The van der Waals surface area contributed by atoms with Crippen molar-refractivity contribution in [1.82, 2.24) is 0 Å². The van der Waals surface area contributed by atoms with E-state index in [1.54, 1.807) is 6.07 Å². The minimum Gasteiger partial charge on any atom is -0.493 e. The molecule has 5 nitrogen and oxygen atoms in total. The first-order valence-corrected chi connectivity index (χ1v) is 5.67. The summed E-state index contributed by atoms with van der Waals surface area (Å²) in [6.45, 7) is 1.42. The lowest BCUT2D eigenvalue weighted by Crippen LogP contribution is -2.10. The fourth-order valence-electron chi connectivity index (χ4n) is 2.22. The van der Waals surface area contributed by atoms with Gasteiger partial charge in [-0.1, -0.05) is 0 Å². The number of benzene rings is 1. The normalized spacial score (nSPS) is 13.2. The zero-order valence-corrected chi connectivity index (χ0v) is 10.6. The summed E-state index contributed by atoms with van der Waals surface area (Å²) in [5.74, 6) is 0.775. The van der Waals surface area contributed by atoms with Crippen molar-refractivity contribution in [3.05, 3.63) is 17.2 Å². The second kappa shape index (κ2) is 4.68. The summed E-state index contributed by atoms with van der Waals surface area (Å²) < 4.78 is 10.5. The maximum atomic E-state index is 11.8. The molecule has 0 radical (unpaired) electrons. The molecule has 0 spiro atoms. The molecule has 1 amide bonds. The number of carbonyl (C=O) groups excluding carboxylic acids is 2. The van der Waals surface area contributed by atoms with Crippen LogP contribution in [0.3, 0.4) is 0 Å². The molecule has 0 saturated carbocycles. The van der Waals surface area contributed by atoms with E-state index in [1.807, 2.05) is 0 Å². The largest absolute Gasteiger partial charge is 0.493 e. The van der Waals surface area contributed by atoms with Crippen LogP contribution in [0.5, 0.6) is 11.5 Å². The van der Waals surface area contributed by atoms with Gasteiger partial charge in [0.05, 0.1) is 19.9 Å². The highest BCUT2D eigenvalue weighted by molar-refractivity contribution is 6.05. The third-order valence-electron chi connectivity index (χ3n) is 2.98. The van der Waals surface area contributed by atoms with Gasteiger partial charge in [0.25, 0.3) is 0 Å². The van der Waals surface area contributed by atoms with Crippen molar-refractivity contribution in [2.75, 3.05) is 19.5 Å². The number of hydrogen-bond donors (Lipinski definition) is 1. The van der Waals surface area contributed by atoms with Crippen molar-refractivity contribution in [3.8, 4) is 11.5 Å². The number of ether oxygens (including phenoxy) is 2. The lowest BCUT2D eigenvalue weighted by atomic mass is 10.1. The van der Waals surface area contributed by atoms with E-state index in [2.05, 4.69) is 5.32 Å². The van der Waals surface area contributed by atoms with Crippen LogP contribution in [-0.2, 0) is 11.2 Å². The molecule has 0 unspecified atom stereocenters. The highest BCUT2D eigenvalue weighted by Crippen LogP contribution is 2.43. The van der Waals surface area contributed by atoms with Crippen LogP contribution in [0, 0.1) is 0 Å². The molecule has 5 heteroatoms. The number of anilines is 1. The molecule has 1 aromatic carbocycles. The molecule has 0 fully saturated rings. The first-order chi connectivity index (χ1) is 8.58. The highest BCUT2D eigenvalue weighted by atomic mass is 16.5. The van der Waals surface area contributed by atoms with Crippen LogP contribution in [0.15, 0.2) is 6.07 Å². The van der Waals surface area contributed by atoms with E-state index in [0.717, 1.165) is 5.56 Å². The molecule has 0 aliphatic heterocycles. The Balaban J connectivity index is 2.66. The van der Waals surface area contributed by atoms with Crippen LogP contribution in [-0.4, -0.2) is 25.9 Å². The quantitative estimate of drug-likeness (QED) is 0.887. The van der Waals surface area contributed by atoms with Crippen LogP contribution < -0.4 is 14.8 Å². The van der Waals surface area contributed by atoms with Crippen molar-refractivity contribution in [2.24, 2.45) is 0 Å². The van der Waals surface area contributed by atoms with Crippen LogP contribution >= 0.6 is 0 Å². The molecule has 1 aromatic rings. The van der Waals surface area contributed by atoms with E-state index in [4.69, 9.17) is 9.47 Å². The Morgan fingerprint density at radius 3 is 2.56 bits per heavy atom. The van der Waals surface area contributed by atoms with Gasteiger partial charge < -0.3 is 14.8 Å². The van der Waals surface area contributed by atoms with E-state index < -0.39 is 0 Å². The number of fused-ring (bicyclic) bond motifs is 1. The number of hydrogen-bond acceptors (Lipinski definition) is 4. The summed E-state index contributed by atoms with van der Waals surface area (Å²) in [6.07, 6.45) is 1.07. The van der Waals surface area contributed by atoms with Gasteiger partial charge in [0.2, 0.25) is 5.91 Å². The summed E-state index contributed by atoms with van der Waals surface area (Å²) in [5, 5.41) is 2.72. The predicted molar refractivity (Wildman–Crippen MR) is 66.5 cm³/mol. The Hall–Kier alpha value is -2.04. The summed E-state index contributed by atoms with van der Waals surface area (Å²) in [4.78, 5) is 23.0. The Morgan fingerprint density at radius 1 is 1.28 bits per heavy atom. The van der Waals surface area contributed by atoms with E-state index in [-0.39, 0.29) is 11.7 Å². The molecule has 0 aromatic heterocycles. The zero-order valence-electron chi connectivity index (χ0n) is 10.6. The average Bonchev–Trinajstić information content (AvgIpc) is 2.70. The molecular weight excluding hydrogens is 234 g/mol. The topological polar surface area (TPSA) is 64.6 Å². The lowest BCUT2D eigenvalue weighted by Gasteiger charge is -2.16. The first-order valence-electron chi connectivity index (χ1n) is 5.67. The van der Waals surface area contributed by atoms with Crippen molar-refractivity contribution in [1.29, 1.82) is 0 Å². The highest BCUT2D eigenvalue weighted by Gasteiger charge is 2.28. The summed E-state index contributed by atoms with van der Waals surface area (Å²) in [6, 6.07) is 1.68. The molecule has 1 aliphatic rings. The fraction of sp³-hybridized carbons (Fsp3) is 0.385. The Morgan fingerprint density at radius 2 is 2.00 bits per heavy atom. The van der Waals surface area contributed by atoms with Gasteiger partial charge in [0.1, 0.15) is 0 Å². The van der Waals surface area contributed by atoms with Crippen molar-refractivity contribution >= 4 is 17.4 Å². The smallest absolute Gasteiger partial charge is 0.221 e. The second-order valence-electron chi connectivity index (χ2n) is 4.12. The maximum absolute atomic E-state index is 11.8. The number of nitrogens with one attached hydrogen (secondary N) is 1. The third-order valence-corrected chi connectivity index (χ3v) is 2.98. The zero-order chi connectivity index (χ0) is 13.3. The fourth-order valence-corrected chi connectivity index (χ4v) is 2.22. The van der Waals surface area contributed by atoms with Gasteiger partial charge in [-0.05, 0) is 18.1 Å². The van der Waals surface area contributed by atoms with Crippen LogP contribution in [0.1, 0.15) is 29.3 Å².